The van der Waals surface area contributed by atoms with Crippen molar-refractivity contribution < 1.29 is 0 Å². The fourth-order valence-electron chi connectivity index (χ4n) is 2.46. The first-order valence-electron chi connectivity index (χ1n) is 8.49. The molecular weight excluding hydrogens is 447 g/mol. The molecule has 2 N–H and O–H groups in total. The van der Waals surface area contributed by atoms with Gasteiger partial charge < -0.3 is 10.6 Å². The summed E-state index contributed by atoms with van der Waals surface area (Å²) in [5.41, 5.74) is 3.41. The topological polar surface area (TPSA) is 67.1 Å². The van der Waals surface area contributed by atoms with E-state index in [1.54, 1.807) is 11.3 Å². The summed E-state index contributed by atoms with van der Waals surface area (Å²) >= 11 is 1.79. The highest BCUT2D eigenvalue weighted by atomic mass is 127. The molecule has 0 aliphatic rings. The summed E-state index contributed by atoms with van der Waals surface area (Å²) in [6, 6.07) is 0. The van der Waals surface area contributed by atoms with Crippen molar-refractivity contribution in [2.24, 2.45) is 12.0 Å². The third kappa shape index (κ3) is 6.25. The van der Waals surface area contributed by atoms with Gasteiger partial charge in [-0.2, -0.15) is 5.10 Å². The Bertz CT molecular complexity index is 691. The van der Waals surface area contributed by atoms with Crippen LogP contribution in [0.25, 0.3) is 0 Å². The van der Waals surface area contributed by atoms with Crippen LogP contribution in [0.3, 0.4) is 0 Å². The Kier molecular flexibility index (Phi) is 9.41. The Balaban J connectivity index is 0.00000312. The van der Waals surface area contributed by atoms with Crippen LogP contribution in [0, 0.1) is 13.8 Å². The zero-order chi connectivity index (χ0) is 17.5. The van der Waals surface area contributed by atoms with Gasteiger partial charge in [-0.15, -0.1) is 35.3 Å². The number of guanidine groups is 1. The molecule has 0 unspecified atom stereocenters. The second kappa shape index (κ2) is 10.7. The Morgan fingerprint density at radius 1 is 1.28 bits per heavy atom. The minimum Gasteiger partial charge on any atom is -0.357 e. The van der Waals surface area contributed by atoms with Crippen molar-refractivity contribution in [1.82, 2.24) is 25.4 Å². The number of nitrogens with one attached hydrogen (secondary N) is 2. The zero-order valence-corrected chi connectivity index (χ0v) is 18.9. The lowest BCUT2D eigenvalue weighted by molar-refractivity contribution is 0.730. The molecule has 0 aliphatic carbocycles. The van der Waals surface area contributed by atoms with E-state index in [2.05, 4.69) is 41.5 Å². The van der Waals surface area contributed by atoms with Gasteiger partial charge in [-0.3, -0.25) is 4.68 Å². The van der Waals surface area contributed by atoms with Crippen LogP contribution < -0.4 is 10.6 Å². The molecule has 2 rings (SSSR count). The first kappa shape index (κ1) is 21.9. The van der Waals surface area contributed by atoms with Crippen LogP contribution in [-0.2, 0) is 26.4 Å². The first-order valence-corrected chi connectivity index (χ1v) is 9.31. The molecule has 0 saturated heterocycles. The van der Waals surface area contributed by atoms with Crippen molar-refractivity contribution in [3.8, 4) is 0 Å². The second-order valence-electron chi connectivity index (χ2n) is 5.72. The maximum Gasteiger partial charge on any atom is 0.191 e. The van der Waals surface area contributed by atoms with Gasteiger partial charge in [-0.05, 0) is 27.2 Å². The Hall–Kier alpha value is -1.16. The van der Waals surface area contributed by atoms with E-state index < -0.39 is 0 Å². The van der Waals surface area contributed by atoms with Gasteiger partial charge in [0.1, 0.15) is 0 Å². The molecule has 0 bridgehead atoms. The molecule has 25 heavy (non-hydrogen) atoms. The molecule has 0 saturated carbocycles. The molecule has 0 amide bonds. The number of aromatic nitrogens is 3. The molecule has 6 nitrogen and oxygen atoms in total. The lowest BCUT2D eigenvalue weighted by atomic mass is 10.2. The van der Waals surface area contributed by atoms with E-state index in [1.165, 1.54) is 21.1 Å². The number of rotatable bonds is 7. The van der Waals surface area contributed by atoms with E-state index in [0.29, 0.717) is 6.54 Å². The summed E-state index contributed by atoms with van der Waals surface area (Å²) in [5, 5.41) is 12.3. The van der Waals surface area contributed by atoms with Crippen LogP contribution in [0.4, 0.5) is 0 Å². The van der Waals surface area contributed by atoms with E-state index in [9.17, 15) is 0 Å². The summed E-state index contributed by atoms with van der Waals surface area (Å²) in [6.07, 6.45) is 3.95. The number of aliphatic imine (C=N–C) groups is 1. The fraction of sp³-hybridized carbons (Fsp3) is 0.588. The van der Waals surface area contributed by atoms with Crippen LogP contribution in [0.2, 0.25) is 0 Å². The Morgan fingerprint density at radius 3 is 2.60 bits per heavy atom. The number of thiazole rings is 1. The lowest BCUT2D eigenvalue weighted by Gasteiger charge is -2.10. The number of nitrogens with zero attached hydrogens (tertiary/aromatic N) is 4. The van der Waals surface area contributed by atoms with Gasteiger partial charge in [0.15, 0.2) is 5.96 Å². The monoisotopic (exact) mass is 476 g/mol. The van der Waals surface area contributed by atoms with Crippen molar-refractivity contribution in [3.05, 3.63) is 33.0 Å². The average Bonchev–Trinajstić information content (AvgIpc) is 3.11. The molecule has 8 heteroatoms. The van der Waals surface area contributed by atoms with Crippen molar-refractivity contribution in [2.45, 2.75) is 47.1 Å². The van der Waals surface area contributed by atoms with Gasteiger partial charge >= 0.3 is 0 Å². The maximum atomic E-state index is 4.70. The minimum atomic E-state index is 0. The lowest BCUT2D eigenvalue weighted by Crippen LogP contribution is -2.38. The van der Waals surface area contributed by atoms with Gasteiger partial charge in [0, 0.05) is 48.9 Å². The standard InChI is InChI=1S/C17H28N6S.HI/c1-6-14-10-20-16(24-14)8-9-19-17(18-7-2)21-11-15-12(3)22-23(5)13(15)4;/h10H,6-9,11H2,1-5H3,(H2,18,19,21);1H. The summed E-state index contributed by atoms with van der Waals surface area (Å²) < 4.78 is 1.91. The Labute approximate surface area is 171 Å². The zero-order valence-electron chi connectivity index (χ0n) is 15.7. The molecule has 140 valence electrons. The minimum absolute atomic E-state index is 0. The van der Waals surface area contributed by atoms with Gasteiger partial charge in [0.2, 0.25) is 0 Å². The van der Waals surface area contributed by atoms with Crippen molar-refractivity contribution >= 4 is 41.3 Å². The van der Waals surface area contributed by atoms with Crippen molar-refractivity contribution in [1.29, 1.82) is 0 Å². The van der Waals surface area contributed by atoms with E-state index in [0.717, 1.165) is 37.6 Å². The highest BCUT2D eigenvalue weighted by Crippen LogP contribution is 2.14. The molecule has 0 radical (unpaired) electrons. The molecule has 0 aliphatic heterocycles. The van der Waals surface area contributed by atoms with Gasteiger partial charge in [0.25, 0.3) is 0 Å². The molecule has 0 aromatic carbocycles. The van der Waals surface area contributed by atoms with Gasteiger partial charge in [-0.25, -0.2) is 9.98 Å². The van der Waals surface area contributed by atoms with E-state index in [-0.39, 0.29) is 24.0 Å². The molecule has 2 aromatic heterocycles. The third-order valence-corrected chi connectivity index (χ3v) is 5.18. The average molecular weight is 476 g/mol. The molecule has 0 atom stereocenters. The first-order chi connectivity index (χ1) is 11.5. The van der Waals surface area contributed by atoms with Crippen LogP contribution in [0.1, 0.15) is 40.7 Å². The van der Waals surface area contributed by atoms with Crippen LogP contribution >= 0.6 is 35.3 Å². The summed E-state index contributed by atoms with van der Waals surface area (Å²) in [7, 11) is 1.97. The highest BCUT2D eigenvalue weighted by Gasteiger charge is 2.09. The van der Waals surface area contributed by atoms with E-state index in [1.807, 2.05) is 24.9 Å². The molecule has 0 fully saturated rings. The maximum absolute atomic E-state index is 4.70. The van der Waals surface area contributed by atoms with Crippen LogP contribution in [-0.4, -0.2) is 33.8 Å². The fourth-order valence-corrected chi connectivity index (χ4v) is 3.32. The van der Waals surface area contributed by atoms with Crippen molar-refractivity contribution in [3.63, 3.8) is 0 Å². The summed E-state index contributed by atoms with van der Waals surface area (Å²) in [6.45, 7) is 10.7. The Morgan fingerprint density at radius 2 is 2.04 bits per heavy atom. The van der Waals surface area contributed by atoms with E-state index in [4.69, 9.17) is 4.99 Å². The van der Waals surface area contributed by atoms with Crippen molar-refractivity contribution in [2.75, 3.05) is 13.1 Å². The van der Waals surface area contributed by atoms with Gasteiger partial charge in [-0.1, -0.05) is 6.92 Å². The SMILES string of the molecule is CCNC(=NCc1c(C)nn(C)c1C)NCCc1ncc(CC)s1.I. The van der Waals surface area contributed by atoms with E-state index >= 15 is 0 Å². The molecular formula is C17H29IN6S. The van der Waals surface area contributed by atoms with Gasteiger partial charge in [0.05, 0.1) is 17.2 Å². The third-order valence-electron chi connectivity index (χ3n) is 3.98. The number of halogens is 1. The normalized spacial score (nSPS) is 11.3. The predicted octanol–water partition coefficient (Wildman–Crippen LogP) is 2.97. The predicted molar refractivity (Wildman–Crippen MR) is 116 cm³/mol. The molecule has 0 spiro atoms. The largest absolute Gasteiger partial charge is 0.357 e. The molecule has 2 heterocycles. The quantitative estimate of drug-likeness (QED) is 0.367. The van der Waals surface area contributed by atoms with Crippen LogP contribution in [0.5, 0.6) is 0 Å². The van der Waals surface area contributed by atoms with Crippen LogP contribution in [0.15, 0.2) is 11.2 Å². The highest BCUT2D eigenvalue weighted by molar-refractivity contribution is 14.0. The second-order valence-corrected chi connectivity index (χ2v) is 6.92. The molecule has 2 aromatic rings. The summed E-state index contributed by atoms with van der Waals surface area (Å²) in [4.78, 5) is 10.5. The number of hydrogen-bond donors (Lipinski definition) is 2. The smallest absolute Gasteiger partial charge is 0.191 e. The number of hydrogen-bond acceptors (Lipinski definition) is 4. The summed E-state index contributed by atoms with van der Waals surface area (Å²) in [5.74, 6) is 0.840. The number of aryl methyl sites for hydroxylation is 3.